The number of amidine groups is 1. The van der Waals surface area contributed by atoms with E-state index in [-0.39, 0.29) is 23.6 Å². The number of rotatable bonds is 4. The van der Waals surface area contributed by atoms with Crippen molar-refractivity contribution in [3.05, 3.63) is 59.7 Å². The van der Waals surface area contributed by atoms with Gasteiger partial charge in [0, 0.05) is 19.4 Å². The fraction of sp³-hybridized carbons (Fsp3) is 0.273. The van der Waals surface area contributed by atoms with E-state index in [1.165, 1.54) is 13.8 Å². The van der Waals surface area contributed by atoms with Gasteiger partial charge in [-0.1, -0.05) is 30.3 Å². The van der Waals surface area contributed by atoms with Crippen molar-refractivity contribution in [2.45, 2.75) is 25.6 Å². The first-order valence-electron chi connectivity index (χ1n) is 9.80. The standard InChI is InChI=1S/C22H22N4O4S/c1-14-7-6-8-17(13-14)30-12-11-25-19-10-5-4-9-18(19)22(20(25)29)26(16(3)28)24-21(31-22)23-15(2)27/h4-10,13H,11-12H2,1-3H3,(H,23,24,27)/t22-/m0/s1. The molecule has 8 nitrogen and oxygen atoms in total. The molecule has 0 aromatic heterocycles. The van der Waals surface area contributed by atoms with Gasteiger partial charge in [0.2, 0.25) is 16.7 Å². The summed E-state index contributed by atoms with van der Waals surface area (Å²) in [6.45, 7) is 5.27. The molecule has 4 rings (SSSR count). The van der Waals surface area contributed by atoms with Crippen molar-refractivity contribution in [3.63, 3.8) is 0 Å². The SMILES string of the molecule is CC(=O)NC1=NN(C(C)=O)[C@@]2(S1)C(=O)N(CCOc1cccc(C)c1)c1ccccc12. The highest BCUT2D eigenvalue weighted by Crippen LogP contribution is 2.54. The monoisotopic (exact) mass is 438 g/mol. The highest BCUT2D eigenvalue weighted by molar-refractivity contribution is 8.15. The third kappa shape index (κ3) is 3.65. The maximum atomic E-state index is 13.7. The summed E-state index contributed by atoms with van der Waals surface area (Å²) < 4.78 is 5.84. The van der Waals surface area contributed by atoms with Gasteiger partial charge < -0.3 is 15.0 Å². The second-order valence-electron chi connectivity index (χ2n) is 7.30. The molecule has 31 heavy (non-hydrogen) atoms. The number of anilines is 1. The van der Waals surface area contributed by atoms with Gasteiger partial charge in [0.15, 0.2) is 5.17 Å². The number of hydrazone groups is 1. The molecule has 0 saturated heterocycles. The van der Waals surface area contributed by atoms with E-state index in [1.807, 2.05) is 55.5 Å². The van der Waals surface area contributed by atoms with Crippen molar-refractivity contribution >= 4 is 40.3 Å². The number of carbonyl (C=O) groups is 3. The van der Waals surface area contributed by atoms with Crippen molar-refractivity contribution in [2.75, 3.05) is 18.1 Å². The number of nitrogens with one attached hydrogen (secondary N) is 1. The van der Waals surface area contributed by atoms with E-state index in [0.717, 1.165) is 28.1 Å². The van der Waals surface area contributed by atoms with Gasteiger partial charge in [0.05, 0.1) is 12.2 Å². The Hall–Kier alpha value is -3.33. The molecule has 1 N–H and O–H groups in total. The van der Waals surface area contributed by atoms with E-state index >= 15 is 0 Å². The van der Waals surface area contributed by atoms with Crippen LogP contribution in [0.4, 0.5) is 5.69 Å². The summed E-state index contributed by atoms with van der Waals surface area (Å²) in [6, 6.07) is 15.0. The van der Waals surface area contributed by atoms with Crippen LogP contribution in [0.1, 0.15) is 25.0 Å². The Bertz CT molecular complexity index is 1100. The number of thioether (sulfide) groups is 1. The van der Waals surface area contributed by atoms with Gasteiger partial charge in [-0.25, -0.2) is 0 Å². The molecular formula is C22H22N4O4S. The first kappa shape index (κ1) is 20.9. The third-order valence-electron chi connectivity index (χ3n) is 4.98. The predicted molar refractivity (Wildman–Crippen MR) is 119 cm³/mol. The highest BCUT2D eigenvalue weighted by atomic mass is 32.2. The molecule has 0 bridgehead atoms. The number of ether oxygens (including phenoxy) is 1. The van der Waals surface area contributed by atoms with Crippen LogP contribution >= 0.6 is 11.8 Å². The molecule has 2 aliphatic rings. The van der Waals surface area contributed by atoms with Gasteiger partial charge in [0.1, 0.15) is 12.4 Å². The van der Waals surface area contributed by atoms with E-state index in [2.05, 4.69) is 10.4 Å². The molecule has 2 heterocycles. The number of hydrogen-bond acceptors (Lipinski definition) is 6. The van der Waals surface area contributed by atoms with Crippen LogP contribution in [0.3, 0.4) is 0 Å². The molecule has 1 atom stereocenters. The van der Waals surface area contributed by atoms with Crippen molar-refractivity contribution < 1.29 is 19.1 Å². The minimum Gasteiger partial charge on any atom is -0.492 e. The van der Waals surface area contributed by atoms with E-state index in [9.17, 15) is 14.4 Å². The fourth-order valence-electron chi connectivity index (χ4n) is 3.75. The summed E-state index contributed by atoms with van der Waals surface area (Å²) in [5.41, 5.74) is 2.43. The molecule has 3 amide bonds. The lowest BCUT2D eigenvalue weighted by molar-refractivity contribution is -0.139. The van der Waals surface area contributed by atoms with E-state index in [4.69, 9.17) is 4.74 Å². The summed E-state index contributed by atoms with van der Waals surface area (Å²) in [5, 5.41) is 8.21. The molecule has 1 spiro atoms. The normalized spacial score (nSPS) is 19.5. The molecule has 0 radical (unpaired) electrons. The zero-order valence-corrected chi connectivity index (χ0v) is 18.2. The second kappa shape index (κ2) is 8.07. The number of para-hydroxylation sites is 1. The summed E-state index contributed by atoms with van der Waals surface area (Å²) in [5.74, 6) is -0.292. The number of amides is 3. The van der Waals surface area contributed by atoms with Crippen molar-refractivity contribution in [1.82, 2.24) is 10.3 Å². The summed E-state index contributed by atoms with van der Waals surface area (Å²) in [7, 11) is 0. The van der Waals surface area contributed by atoms with Crippen LogP contribution in [0.25, 0.3) is 0 Å². The van der Waals surface area contributed by atoms with Gasteiger partial charge in [-0.3, -0.25) is 14.4 Å². The first-order valence-corrected chi connectivity index (χ1v) is 10.6. The Morgan fingerprint density at radius 1 is 1.16 bits per heavy atom. The number of hydrogen-bond donors (Lipinski definition) is 1. The molecular weight excluding hydrogens is 416 g/mol. The maximum Gasteiger partial charge on any atom is 0.270 e. The zero-order valence-electron chi connectivity index (χ0n) is 17.4. The van der Waals surface area contributed by atoms with Gasteiger partial charge in [-0.05, 0) is 42.4 Å². The van der Waals surface area contributed by atoms with E-state index < -0.39 is 10.8 Å². The molecule has 0 unspecified atom stereocenters. The average Bonchev–Trinajstić information content (AvgIpc) is 3.20. The van der Waals surface area contributed by atoms with Crippen molar-refractivity contribution in [3.8, 4) is 5.75 Å². The predicted octanol–water partition coefficient (Wildman–Crippen LogP) is 2.58. The van der Waals surface area contributed by atoms with Crippen molar-refractivity contribution in [2.24, 2.45) is 5.10 Å². The fourth-order valence-corrected chi connectivity index (χ4v) is 5.08. The van der Waals surface area contributed by atoms with Gasteiger partial charge in [0.25, 0.3) is 5.91 Å². The van der Waals surface area contributed by atoms with Gasteiger partial charge >= 0.3 is 0 Å². The number of carbonyl (C=O) groups excluding carboxylic acids is 3. The Morgan fingerprint density at radius 2 is 1.94 bits per heavy atom. The maximum absolute atomic E-state index is 13.7. The average molecular weight is 439 g/mol. The minimum absolute atomic E-state index is 0.212. The molecule has 9 heteroatoms. The van der Waals surface area contributed by atoms with Crippen LogP contribution in [0.2, 0.25) is 0 Å². The second-order valence-corrected chi connectivity index (χ2v) is 8.48. The summed E-state index contributed by atoms with van der Waals surface area (Å²) >= 11 is 1.06. The van der Waals surface area contributed by atoms with Crippen LogP contribution in [0.15, 0.2) is 53.6 Å². The van der Waals surface area contributed by atoms with Gasteiger partial charge in [-0.15, -0.1) is 5.10 Å². The smallest absolute Gasteiger partial charge is 0.270 e. The van der Waals surface area contributed by atoms with Crippen LogP contribution in [0.5, 0.6) is 5.75 Å². The zero-order chi connectivity index (χ0) is 22.2. The number of aryl methyl sites for hydroxylation is 1. The molecule has 2 aliphatic heterocycles. The van der Waals surface area contributed by atoms with Crippen LogP contribution in [0, 0.1) is 6.92 Å². The first-order chi connectivity index (χ1) is 14.8. The molecule has 160 valence electrons. The third-order valence-corrected chi connectivity index (χ3v) is 6.22. The lowest BCUT2D eigenvalue weighted by Crippen LogP contribution is -2.49. The van der Waals surface area contributed by atoms with Crippen LogP contribution in [-0.4, -0.2) is 41.0 Å². The van der Waals surface area contributed by atoms with Crippen LogP contribution < -0.4 is 15.0 Å². The lowest BCUT2D eigenvalue weighted by Gasteiger charge is -2.29. The molecule has 2 aromatic carbocycles. The Morgan fingerprint density at radius 3 is 2.65 bits per heavy atom. The van der Waals surface area contributed by atoms with Crippen molar-refractivity contribution in [1.29, 1.82) is 0 Å². The number of fused-ring (bicyclic) bond motifs is 2. The number of nitrogens with zero attached hydrogens (tertiary/aromatic N) is 3. The molecule has 0 saturated carbocycles. The largest absolute Gasteiger partial charge is 0.492 e. The molecule has 0 fully saturated rings. The summed E-state index contributed by atoms with van der Waals surface area (Å²) in [6.07, 6.45) is 0. The quantitative estimate of drug-likeness (QED) is 0.792. The van der Waals surface area contributed by atoms with E-state index in [1.54, 1.807) is 4.90 Å². The topological polar surface area (TPSA) is 91.3 Å². The number of benzene rings is 2. The Kier molecular flexibility index (Phi) is 5.45. The summed E-state index contributed by atoms with van der Waals surface area (Å²) in [4.78, 5) is 37.9. The Labute approximate surface area is 184 Å². The Balaban J connectivity index is 1.63. The highest BCUT2D eigenvalue weighted by Gasteiger charge is 2.61. The van der Waals surface area contributed by atoms with Crippen LogP contribution in [-0.2, 0) is 19.3 Å². The minimum atomic E-state index is -1.39. The lowest BCUT2D eigenvalue weighted by atomic mass is 10.1. The van der Waals surface area contributed by atoms with Gasteiger partial charge in [-0.2, -0.15) is 5.01 Å². The van der Waals surface area contributed by atoms with E-state index in [0.29, 0.717) is 17.8 Å². The molecule has 0 aliphatic carbocycles. The molecule has 2 aromatic rings.